The molecule has 0 bridgehead atoms. The topological polar surface area (TPSA) is 238 Å². The molecule has 0 aliphatic carbocycles. The monoisotopic (exact) mass is 724 g/mol. The van der Waals surface area contributed by atoms with E-state index in [-0.39, 0.29) is 22.4 Å². The van der Waals surface area contributed by atoms with Crippen molar-refractivity contribution in [3.05, 3.63) is 24.5 Å². The number of fused-ring (bicyclic) bond motifs is 1. The summed E-state index contributed by atoms with van der Waals surface area (Å²) in [5, 5.41) is 36.9. The Kier molecular flexibility index (Phi) is 10.8. The molecule has 4 N–H and O–H groups in total. The predicted octanol–water partition coefficient (Wildman–Crippen LogP) is 0.502. The Balaban J connectivity index is 1.58. The van der Waals surface area contributed by atoms with Gasteiger partial charge in [0.05, 0.1) is 51.4 Å². The number of nitrogens with zero attached hydrogens (tertiary/aromatic N) is 8. The Morgan fingerprint density at radius 3 is 1.43 bits per heavy atom. The fraction of sp³-hybridized carbons (Fsp3) is 0.417. The van der Waals surface area contributed by atoms with Crippen LogP contribution < -0.4 is 10.6 Å². The SMILES string of the molecule is COC(=O)[C@H](Cn1cc(-c2ccc(-c3cn(C[C@H](N[C@@H](C(=O)O)C(F)(F)F)C(=O)OC)nn3)c3nsnc23)nn1)N[C@@H](C(=O)O)C(F)(F)F. The fourth-order valence-electron chi connectivity index (χ4n) is 4.37. The van der Waals surface area contributed by atoms with Crippen LogP contribution in [-0.4, -0.2) is 124 Å². The van der Waals surface area contributed by atoms with Gasteiger partial charge in [-0.2, -0.15) is 35.1 Å². The molecule has 264 valence electrons. The van der Waals surface area contributed by atoms with Gasteiger partial charge in [0.1, 0.15) is 34.5 Å². The number of benzene rings is 1. The zero-order valence-electron chi connectivity index (χ0n) is 24.6. The summed E-state index contributed by atoms with van der Waals surface area (Å²) in [5.74, 6) is -6.95. The Hall–Kier alpha value is -5.30. The number of hydrogen-bond acceptors (Lipinski definition) is 15. The maximum Gasteiger partial charge on any atom is 0.414 e. The van der Waals surface area contributed by atoms with Crippen LogP contribution in [0.4, 0.5) is 26.3 Å². The summed E-state index contributed by atoms with van der Waals surface area (Å²) in [4.78, 5) is 46.7. The number of carboxylic acid groups (broad SMARTS) is 2. The first-order chi connectivity index (χ1) is 22.9. The molecule has 0 radical (unpaired) electrons. The molecule has 0 amide bonds. The van der Waals surface area contributed by atoms with Gasteiger partial charge in [-0.1, -0.05) is 10.4 Å². The molecule has 0 saturated heterocycles. The Morgan fingerprint density at radius 2 is 1.12 bits per heavy atom. The highest BCUT2D eigenvalue weighted by atomic mass is 32.1. The van der Waals surface area contributed by atoms with Crippen molar-refractivity contribution in [2.75, 3.05) is 14.2 Å². The van der Waals surface area contributed by atoms with E-state index < -0.39 is 73.5 Å². The molecule has 25 heteroatoms. The number of ether oxygens (including phenoxy) is 2. The molecule has 0 aliphatic rings. The van der Waals surface area contributed by atoms with Gasteiger partial charge < -0.3 is 19.7 Å². The molecule has 4 atom stereocenters. The van der Waals surface area contributed by atoms with Crippen LogP contribution in [0.5, 0.6) is 0 Å². The first kappa shape index (κ1) is 36.5. The number of esters is 2. The molecular formula is C24H22F6N10O8S. The van der Waals surface area contributed by atoms with Gasteiger partial charge in [0.2, 0.25) is 12.1 Å². The second-order valence-electron chi connectivity index (χ2n) is 9.88. The smallest absolute Gasteiger partial charge is 0.414 e. The molecule has 4 aromatic rings. The van der Waals surface area contributed by atoms with E-state index in [1.165, 1.54) is 24.5 Å². The number of nitrogens with one attached hydrogen (secondary N) is 2. The Labute approximate surface area is 272 Å². The molecule has 0 spiro atoms. The summed E-state index contributed by atoms with van der Waals surface area (Å²) in [6.07, 6.45) is -7.98. The summed E-state index contributed by atoms with van der Waals surface area (Å²) in [5.41, 5.74) is 1.33. The molecular weight excluding hydrogens is 702 g/mol. The second-order valence-corrected chi connectivity index (χ2v) is 10.4. The van der Waals surface area contributed by atoms with Crippen LogP contribution in [0.1, 0.15) is 0 Å². The van der Waals surface area contributed by atoms with E-state index in [0.717, 1.165) is 35.3 Å². The van der Waals surface area contributed by atoms with Gasteiger partial charge >= 0.3 is 36.2 Å². The van der Waals surface area contributed by atoms with E-state index in [9.17, 15) is 45.5 Å². The highest BCUT2D eigenvalue weighted by Crippen LogP contribution is 2.33. The van der Waals surface area contributed by atoms with E-state index in [1.807, 2.05) is 0 Å². The molecule has 3 aromatic heterocycles. The number of carbonyl (C=O) groups excluding carboxylic acids is 2. The zero-order valence-corrected chi connectivity index (χ0v) is 25.4. The third-order valence-corrected chi connectivity index (χ3v) is 7.17. The quantitative estimate of drug-likeness (QED) is 0.102. The van der Waals surface area contributed by atoms with E-state index in [2.05, 4.69) is 38.8 Å². The number of aliphatic carboxylic acids is 2. The molecule has 49 heavy (non-hydrogen) atoms. The summed E-state index contributed by atoms with van der Waals surface area (Å²) in [6, 6.07) is -6.79. The summed E-state index contributed by atoms with van der Waals surface area (Å²) < 4.78 is 98.7. The van der Waals surface area contributed by atoms with Crippen LogP contribution in [0.2, 0.25) is 0 Å². The van der Waals surface area contributed by atoms with Crippen molar-refractivity contribution in [3.8, 4) is 22.5 Å². The number of carbonyl (C=O) groups is 4. The third-order valence-electron chi connectivity index (χ3n) is 6.64. The number of rotatable bonds is 14. The molecule has 0 fully saturated rings. The van der Waals surface area contributed by atoms with Crippen molar-refractivity contribution >= 4 is 46.6 Å². The summed E-state index contributed by atoms with van der Waals surface area (Å²) in [7, 11) is 1.80. The first-order valence-corrected chi connectivity index (χ1v) is 14.0. The van der Waals surface area contributed by atoms with Crippen molar-refractivity contribution in [2.45, 2.75) is 49.6 Å². The molecule has 0 saturated carbocycles. The lowest BCUT2D eigenvalue weighted by molar-refractivity contribution is -0.184. The van der Waals surface area contributed by atoms with Crippen LogP contribution >= 0.6 is 11.7 Å². The average Bonchev–Trinajstić information content (AvgIpc) is 3.80. The summed E-state index contributed by atoms with van der Waals surface area (Å²) in [6.45, 7) is -1.23. The largest absolute Gasteiger partial charge is 0.480 e. The Bertz CT molecular complexity index is 1720. The molecule has 18 nitrogen and oxygen atoms in total. The number of alkyl halides is 6. The standard InChI is InChI=1S/C24H22F6N10O8S/c1-47-21(45)13(31-17(19(41)42)23(25,26)27)7-39-5-11(33-37-39)9-3-4-10(16-15(9)35-49-36-16)12-6-40(38-34-12)8-14(22(46)48-2)32-18(20(43)44)24(28,29)30/h3-6,13-14,17-18,31-32H,7-8H2,1-2H3,(H,41,42)(H,43,44)/t13-,14-,17-,18-/m0/s1. The number of hydrogen-bond donors (Lipinski definition) is 4. The van der Waals surface area contributed by atoms with Gasteiger partial charge in [-0.15, -0.1) is 10.2 Å². The lowest BCUT2D eigenvalue weighted by Crippen LogP contribution is -2.55. The number of methoxy groups -OCH3 is 2. The normalized spacial score (nSPS) is 14.6. The van der Waals surface area contributed by atoms with Gasteiger partial charge in [-0.3, -0.25) is 29.8 Å². The van der Waals surface area contributed by atoms with E-state index in [4.69, 9.17) is 10.2 Å². The molecule has 0 aliphatic heterocycles. The van der Waals surface area contributed by atoms with E-state index in [0.29, 0.717) is 11.1 Å². The predicted molar refractivity (Wildman–Crippen MR) is 148 cm³/mol. The van der Waals surface area contributed by atoms with Crippen LogP contribution in [0.3, 0.4) is 0 Å². The van der Waals surface area contributed by atoms with Crippen molar-refractivity contribution in [3.63, 3.8) is 0 Å². The minimum Gasteiger partial charge on any atom is -0.480 e. The lowest BCUT2D eigenvalue weighted by Gasteiger charge is -2.23. The minimum atomic E-state index is -5.24. The van der Waals surface area contributed by atoms with Crippen LogP contribution in [-0.2, 0) is 41.7 Å². The minimum absolute atomic E-state index is 0.117. The highest BCUT2D eigenvalue weighted by Gasteiger charge is 2.48. The fourth-order valence-corrected chi connectivity index (χ4v) is 4.94. The third kappa shape index (κ3) is 8.41. The lowest BCUT2D eigenvalue weighted by atomic mass is 10.0. The van der Waals surface area contributed by atoms with E-state index >= 15 is 0 Å². The van der Waals surface area contributed by atoms with Gasteiger partial charge in [0.15, 0.2) is 0 Å². The van der Waals surface area contributed by atoms with Crippen molar-refractivity contribution in [1.29, 1.82) is 0 Å². The zero-order chi connectivity index (χ0) is 36.3. The van der Waals surface area contributed by atoms with Gasteiger partial charge in [0.25, 0.3) is 0 Å². The van der Waals surface area contributed by atoms with Gasteiger partial charge in [0, 0.05) is 11.1 Å². The first-order valence-electron chi connectivity index (χ1n) is 13.3. The molecule has 4 rings (SSSR count). The van der Waals surface area contributed by atoms with Gasteiger partial charge in [-0.05, 0) is 12.1 Å². The second kappa shape index (κ2) is 14.4. The Morgan fingerprint density at radius 1 is 0.755 bits per heavy atom. The summed E-state index contributed by atoms with van der Waals surface area (Å²) >= 11 is 0.766. The van der Waals surface area contributed by atoms with Crippen LogP contribution in [0.25, 0.3) is 33.5 Å². The van der Waals surface area contributed by atoms with Crippen molar-refractivity contribution in [1.82, 2.24) is 49.4 Å². The van der Waals surface area contributed by atoms with Crippen LogP contribution in [0, 0.1) is 0 Å². The molecule has 3 heterocycles. The molecule has 0 unspecified atom stereocenters. The number of aromatic nitrogens is 8. The maximum absolute atomic E-state index is 13.2. The maximum atomic E-state index is 13.2. The van der Waals surface area contributed by atoms with Crippen molar-refractivity contribution < 1.29 is 65.2 Å². The highest BCUT2D eigenvalue weighted by molar-refractivity contribution is 7.00. The number of carboxylic acids is 2. The average molecular weight is 725 g/mol. The molecule has 1 aromatic carbocycles. The van der Waals surface area contributed by atoms with E-state index in [1.54, 1.807) is 10.6 Å². The van der Waals surface area contributed by atoms with Crippen LogP contribution in [0.15, 0.2) is 24.5 Å². The van der Waals surface area contributed by atoms with Gasteiger partial charge in [-0.25, -0.2) is 9.36 Å². The number of halogens is 6. The van der Waals surface area contributed by atoms with Crippen molar-refractivity contribution in [2.24, 2.45) is 0 Å².